The molecular weight excluding hydrogens is 256 g/mol. The highest BCUT2D eigenvalue weighted by atomic mass is 19.3. The molecule has 0 unspecified atom stereocenters. The molecule has 0 atom stereocenters. The van der Waals surface area contributed by atoms with Crippen molar-refractivity contribution in [2.75, 3.05) is 27.8 Å². The largest absolute Gasteiger partial charge is 0.493 e. The number of likely N-dealkylation sites (N-methyl/N-ethyl adjacent to an activating group) is 1. The first-order valence-corrected chi connectivity index (χ1v) is 5.67. The van der Waals surface area contributed by atoms with E-state index in [1.165, 1.54) is 20.3 Å². The SMILES string of the molecule is CNCC(=O)c1cc(OC)c(OC)c(C(C)(F)F)c1. The summed E-state index contributed by atoms with van der Waals surface area (Å²) in [7, 11) is 4.22. The summed E-state index contributed by atoms with van der Waals surface area (Å²) in [5.74, 6) is -3.37. The molecule has 0 aromatic heterocycles. The lowest BCUT2D eigenvalue weighted by Crippen LogP contribution is -2.20. The highest BCUT2D eigenvalue weighted by Gasteiger charge is 2.31. The maximum Gasteiger partial charge on any atom is 0.274 e. The van der Waals surface area contributed by atoms with Crippen LogP contribution in [0.25, 0.3) is 0 Å². The summed E-state index contributed by atoms with van der Waals surface area (Å²) >= 11 is 0. The van der Waals surface area contributed by atoms with Crippen molar-refractivity contribution < 1.29 is 23.0 Å². The Bertz CT molecular complexity index is 470. The summed E-state index contributed by atoms with van der Waals surface area (Å²) < 4.78 is 37.1. The zero-order valence-corrected chi connectivity index (χ0v) is 11.3. The van der Waals surface area contributed by atoms with E-state index in [0.717, 1.165) is 13.0 Å². The summed E-state index contributed by atoms with van der Waals surface area (Å²) in [4.78, 5) is 11.8. The van der Waals surface area contributed by atoms with Crippen LogP contribution in [0.3, 0.4) is 0 Å². The Balaban J connectivity index is 3.43. The van der Waals surface area contributed by atoms with Crippen molar-refractivity contribution >= 4 is 5.78 Å². The second-order valence-corrected chi connectivity index (χ2v) is 4.10. The summed E-state index contributed by atoms with van der Waals surface area (Å²) in [6, 6.07) is 2.54. The molecule has 1 N–H and O–H groups in total. The van der Waals surface area contributed by atoms with E-state index in [1.54, 1.807) is 7.05 Å². The van der Waals surface area contributed by atoms with Gasteiger partial charge in [-0.2, -0.15) is 0 Å². The first-order valence-electron chi connectivity index (χ1n) is 5.67. The second-order valence-electron chi connectivity index (χ2n) is 4.10. The van der Waals surface area contributed by atoms with E-state index in [4.69, 9.17) is 9.47 Å². The molecule has 0 amide bonds. The van der Waals surface area contributed by atoms with Crippen LogP contribution in [0.15, 0.2) is 12.1 Å². The molecule has 0 spiro atoms. The number of nitrogens with one attached hydrogen (secondary N) is 1. The highest BCUT2D eigenvalue weighted by molar-refractivity contribution is 5.98. The van der Waals surface area contributed by atoms with E-state index in [-0.39, 0.29) is 35.0 Å². The van der Waals surface area contributed by atoms with E-state index in [1.807, 2.05) is 0 Å². The number of ketones is 1. The normalized spacial score (nSPS) is 11.3. The Morgan fingerprint density at radius 2 is 1.95 bits per heavy atom. The number of Topliss-reactive ketones (excluding diaryl/α,β-unsaturated/α-hetero) is 1. The number of rotatable bonds is 6. The predicted octanol–water partition coefficient (Wildman–Crippen LogP) is 2.22. The van der Waals surface area contributed by atoms with Gasteiger partial charge in [0.05, 0.1) is 26.3 Å². The number of halogens is 2. The van der Waals surface area contributed by atoms with Gasteiger partial charge >= 0.3 is 0 Å². The van der Waals surface area contributed by atoms with Crippen molar-refractivity contribution in [1.82, 2.24) is 5.32 Å². The molecule has 0 saturated heterocycles. The number of hydrogen-bond acceptors (Lipinski definition) is 4. The number of benzene rings is 1. The fourth-order valence-corrected chi connectivity index (χ4v) is 1.71. The molecule has 0 aliphatic rings. The van der Waals surface area contributed by atoms with Crippen LogP contribution in [-0.2, 0) is 5.92 Å². The second kappa shape index (κ2) is 5.97. The van der Waals surface area contributed by atoms with E-state index in [0.29, 0.717) is 0 Å². The van der Waals surface area contributed by atoms with E-state index < -0.39 is 5.92 Å². The minimum Gasteiger partial charge on any atom is -0.493 e. The van der Waals surface area contributed by atoms with Gasteiger partial charge in [0.25, 0.3) is 5.92 Å². The molecule has 106 valence electrons. The molecule has 0 radical (unpaired) electrons. The number of hydrogen-bond donors (Lipinski definition) is 1. The average molecular weight is 273 g/mol. The topological polar surface area (TPSA) is 47.6 Å². The van der Waals surface area contributed by atoms with Crippen LogP contribution in [-0.4, -0.2) is 33.6 Å². The van der Waals surface area contributed by atoms with Crippen LogP contribution in [0, 0.1) is 0 Å². The molecule has 1 rings (SSSR count). The monoisotopic (exact) mass is 273 g/mol. The standard InChI is InChI=1S/C13H17F2NO3/c1-13(14,15)9-5-8(10(17)7-16-2)6-11(18-3)12(9)19-4/h5-6,16H,7H2,1-4H3. The fourth-order valence-electron chi connectivity index (χ4n) is 1.71. The number of methoxy groups -OCH3 is 2. The molecule has 0 aliphatic heterocycles. The molecule has 4 nitrogen and oxygen atoms in total. The highest BCUT2D eigenvalue weighted by Crippen LogP contribution is 2.41. The van der Waals surface area contributed by atoms with Gasteiger partial charge in [-0.1, -0.05) is 0 Å². The molecule has 0 heterocycles. The quantitative estimate of drug-likeness (QED) is 0.807. The molecule has 1 aromatic rings. The Hall–Kier alpha value is -1.69. The molecule has 0 saturated carbocycles. The Morgan fingerprint density at radius 3 is 2.37 bits per heavy atom. The average Bonchev–Trinajstić information content (AvgIpc) is 2.36. The third kappa shape index (κ3) is 3.41. The number of carbonyl (C=O) groups is 1. The van der Waals surface area contributed by atoms with Crippen molar-refractivity contribution in [3.8, 4) is 11.5 Å². The van der Waals surface area contributed by atoms with Gasteiger partial charge in [-0.15, -0.1) is 0 Å². The lowest BCUT2D eigenvalue weighted by Gasteiger charge is -2.18. The number of ether oxygens (including phenoxy) is 2. The maximum atomic E-state index is 13.6. The zero-order valence-electron chi connectivity index (χ0n) is 11.3. The third-order valence-electron chi connectivity index (χ3n) is 2.61. The molecule has 1 aromatic carbocycles. The van der Waals surface area contributed by atoms with Crippen molar-refractivity contribution in [2.24, 2.45) is 0 Å². The summed E-state index contributed by atoms with van der Waals surface area (Å²) in [5, 5.41) is 2.68. The van der Waals surface area contributed by atoms with Gasteiger partial charge in [-0.05, 0) is 19.2 Å². The van der Waals surface area contributed by atoms with Crippen molar-refractivity contribution in [1.29, 1.82) is 0 Å². The first kappa shape index (κ1) is 15.4. The van der Waals surface area contributed by atoms with Gasteiger partial charge in [0.2, 0.25) is 0 Å². The predicted molar refractivity (Wildman–Crippen MR) is 67.4 cm³/mol. The van der Waals surface area contributed by atoms with Crippen LogP contribution < -0.4 is 14.8 Å². The minimum absolute atomic E-state index is 0.0593. The van der Waals surface area contributed by atoms with Gasteiger partial charge in [0, 0.05) is 12.5 Å². The lowest BCUT2D eigenvalue weighted by atomic mass is 10.0. The molecule has 0 bridgehead atoms. The van der Waals surface area contributed by atoms with Crippen LogP contribution in [0.2, 0.25) is 0 Å². The summed E-state index contributed by atoms with van der Waals surface area (Å²) in [6.07, 6.45) is 0. The van der Waals surface area contributed by atoms with Crippen LogP contribution in [0.4, 0.5) is 8.78 Å². The smallest absolute Gasteiger partial charge is 0.274 e. The van der Waals surface area contributed by atoms with E-state index in [9.17, 15) is 13.6 Å². The Kier molecular flexibility index (Phi) is 4.83. The van der Waals surface area contributed by atoms with Gasteiger partial charge in [-0.3, -0.25) is 4.79 Å². The first-order chi connectivity index (χ1) is 8.85. The third-order valence-corrected chi connectivity index (χ3v) is 2.61. The Morgan fingerprint density at radius 1 is 1.32 bits per heavy atom. The van der Waals surface area contributed by atoms with Crippen molar-refractivity contribution in [3.63, 3.8) is 0 Å². The molecule has 0 fully saturated rings. The van der Waals surface area contributed by atoms with Crippen molar-refractivity contribution in [3.05, 3.63) is 23.3 Å². The van der Waals surface area contributed by atoms with Gasteiger partial charge < -0.3 is 14.8 Å². The van der Waals surface area contributed by atoms with E-state index >= 15 is 0 Å². The zero-order chi connectivity index (χ0) is 14.6. The molecule has 6 heteroatoms. The molecule has 19 heavy (non-hydrogen) atoms. The maximum absolute atomic E-state index is 13.6. The lowest BCUT2D eigenvalue weighted by molar-refractivity contribution is 0.0147. The van der Waals surface area contributed by atoms with E-state index in [2.05, 4.69) is 5.32 Å². The minimum atomic E-state index is -3.13. The van der Waals surface area contributed by atoms with Crippen LogP contribution in [0.1, 0.15) is 22.8 Å². The van der Waals surface area contributed by atoms with Gasteiger partial charge in [0.15, 0.2) is 17.3 Å². The van der Waals surface area contributed by atoms with Crippen LogP contribution >= 0.6 is 0 Å². The fraction of sp³-hybridized carbons (Fsp3) is 0.462. The number of alkyl halides is 2. The summed E-state index contributed by atoms with van der Waals surface area (Å²) in [6.45, 7) is 0.806. The summed E-state index contributed by atoms with van der Waals surface area (Å²) in [5.41, 5.74) is -0.211. The van der Waals surface area contributed by atoms with Gasteiger partial charge in [-0.25, -0.2) is 8.78 Å². The molecular formula is C13H17F2NO3. The van der Waals surface area contributed by atoms with Crippen LogP contribution in [0.5, 0.6) is 11.5 Å². The Labute approximate surface area is 110 Å². The number of carbonyl (C=O) groups excluding carboxylic acids is 1. The molecule has 0 aliphatic carbocycles. The van der Waals surface area contributed by atoms with Gasteiger partial charge in [0.1, 0.15) is 0 Å². The van der Waals surface area contributed by atoms with Crippen molar-refractivity contribution in [2.45, 2.75) is 12.8 Å².